The van der Waals surface area contributed by atoms with Crippen molar-refractivity contribution in [3.05, 3.63) is 0 Å². The molecule has 0 aliphatic carbocycles. The molecule has 1 aliphatic heterocycles. The Kier molecular flexibility index (Phi) is 6.42. The van der Waals surface area contributed by atoms with Gasteiger partial charge in [-0.25, -0.2) is 0 Å². The van der Waals surface area contributed by atoms with Crippen LogP contribution in [-0.4, -0.2) is 55.0 Å². The first-order chi connectivity index (χ1) is 7.77. The zero-order valence-electron chi connectivity index (χ0n) is 10.5. The molecule has 1 rings (SSSR count). The number of amides is 1. The maximum atomic E-state index is 12.0. The third-order valence-electron chi connectivity index (χ3n) is 3.19. The first kappa shape index (κ1) is 13.5. The van der Waals surface area contributed by atoms with E-state index < -0.39 is 0 Å². The van der Waals surface area contributed by atoms with Crippen LogP contribution in [0.5, 0.6) is 0 Å². The Morgan fingerprint density at radius 3 is 2.56 bits per heavy atom. The van der Waals surface area contributed by atoms with Gasteiger partial charge >= 0.3 is 0 Å². The van der Waals surface area contributed by atoms with Crippen LogP contribution >= 0.6 is 0 Å². The molecule has 94 valence electrons. The van der Waals surface area contributed by atoms with Crippen LogP contribution in [0.1, 0.15) is 32.6 Å². The molecule has 1 aliphatic rings. The summed E-state index contributed by atoms with van der Waals surface area (Å²) in [5, 5.41) is 0. The fraction of sp³-hybridized carbons (Fsp3) is 0.917. The number of rotatable bonds is 6. The molecule has 4 heteroatoms. The Bertz CT molecular complexity index is 202. The fourth-order valence-corrected chi connectivity index (χ4v) is 2.10. The normalized spacial score (nSPS) is 16.8. The Hall–Kier alpha value is -0.610. The van der Waals surface area contributed by atoms with Gasteiger partial charge in [0.05, 0.1) is 6.54 Å². The lowest BCUT2D eigenvalue weighted by molar-refractivity contribution is -0.133. The smallest absolute Gasteiger partial charge is 0.236 e. The zero-order valence-corrected chi connectivity index (χ0v) is 10.5. The quantitative estimate of drug-likeness (QED) is 0.725. The molecule has 0 atom stereocenters. The first-order valence-electron chi connectivity index (χ1n) is 6.48. The van der Waals surface area contributed by atoms with E-state index in [0.29, 0.717) is 19.0 Å². The Balaban J connectivity index is 2.29. The summed E-state index contributed by atoms with van der Waals surface area (Å²) in [6.07, 6.45) is 4.58. The number of likely N-dealkylation sites (N-methyl/N-ethyl adjacent to an activating group) is 1. The van der Waals surface area contributed by atoms with Gasteiger partial charge in [-0.15, -0.1) is 0 Å². The van der Waals surface area contributed by atoms with E-state index in [1.807, 2.05) is 4.90 Å². The van der Waals surface area contributed by atoms with Gasteiger partial charge in [-0.3, -0.25) is 9.69 Å². The van der Waals surface area contributed by atoms with Crippen molar-refractivity contribution >= 4 is 5.91 Å². The second-order valence-corrected chi connectivity index (χ2v) is 4.45. The topological polar surface area (TPSA) is 49.6 Å². The predicted octanol–water partition coefficient (Wildman–Crippen LogP) is 0.670. The van der Waals surface area contributed by atoms with E-state index in [1.165, 1.54) is 19.3 Å². The third kappa shape index (κ3) is 4.49. The number of nitrogens with two attached hydrogens (primary N) is 1. The molecule has 1 heterocycles. The van der Waals surface area contributed by atoms with Crippen LogP contribution in [0.2, 0.25) is 0 Å². The highest BCUT2D eigenvalue weighted by Crippen LogP contribution is 2.09. The van der Waals surface area contributed by atoms with Crippen LogP contribution < -0.4 is 5.73 Å². The minimum atomic E-state index is 0.290. The molecular formula is C12H25N3O. The van der Waals surface area contributed by atoms with Gasteiger partial charge in [0.1, 0.15) is 0 Å². The van der Waals surface area contributed by atoms with E-state index in [2.05, 4.69) is 11.8 Å². The van der Waals surface area contributed by atoms with Gasteiger partial charge in [0, 0.05) is 13.1 Å². The number of carbonyl (C=O) groups excluding carboxylic acids is 1. The molecule has 0 saturated carbocycles. The number of hydrogen-bond donors (Lipinski definition) is 1. The van der Waals surface area contributed by atoms with Crippen LogP contribution in [-0.2, 0) is 4.79 Å². The summed E-state index contributed by atoms with van der Waals surface area (Å²) in [5.74, 6) is 0.290. The van der Waals surface area contributed by atoms with Crippen LogP contribution in [0.3, 0.4) is 0 Å². The SMILES string of the molecule is CCN(CCCN)CC(=O)N1CCCCC1. The van der Waals surface area contributed by atoms with Gasteiger partial charge < -0.3 is 10.6 Å². The molecule has 0 aromatic rings. The molecule has 1 saturated heterocycles. The number of nitrogens with zero attached hydrogens (tertiary/aromatic N) is 2. The summed E-state index contributed by atoms with van der Waals surface area (Å²) in [4.78, 5) is 16.2. The Morgan fingerprint density at radius 1 is 1.31 bits per heavy atom. The molecule has 0 unspecified atom stereocenters. The average molecular weight is 227 g/mol. The van der Waals surface area contributed by atoms with E-state index >= 15 is 0 Å². The van der Waals surface area contributed by atoms with Crippen molar-refractivity contribution in [2.75, 3.05) is 39.3 Å². The van der Waals surface area contributed by atoms with Crippen LogP contribution in [0.15, 0.2) is 0 Å². The molecule has 0 aromatic carbocycles. The van der Waals surface area contributed by atoms with Gasteiger partial charge in [-0.05, 0) is 45.3 Å². The van der Waals surface area contributed by atoms with Crippen molar-refractivity contribution < 1.29 is 4.79 Å². The summed E-state index contributed by atoms with van der Waals surface area (Å²) < 4.78 is 0. The molecule has 2 N–H and O–H groups in total. The van der Waals surface area contributed by atoms with E-state index in [0.717, 1.165) is 32.6 Å². The molecule has 1 fully saturated rings. The van der Waals surface area contributed by atoms with Crippen molar-refractivity contribution in [2.45, 2.75) is 32.6 Å². The first-order valence-corrected chi connectivity index (χ1v) is 6.48. The molecular weight excluding hydrogens is 202 g/mol. The lowest BCUT2D eigenvalue weighted by Gasteiger charge is -2.29. The second-order valence-electron chi connectivity index (χ2n) is 4.45. The van der Waals surface area contributed by atoms with Gasteiger partial charge in [-0.1, -0.05) is 6.92 Å². The van der Waals surface area contributed by atoms with Gasteiger partial charge in [0.15, 0.2) is 0 Å². The van der Waals surface area contributed by atoms with Crippen LogP contribution in [0.4, 0.5) is 0 Å². The summed E-state index contributed by atoms with van der Waals surface area (Å²) in [7, 11) is 0. The molecule has 1 amide bonds. The highest BCUT2D eigenvalue weighted by molar-refractivity contribution is 5.78. The maximum absolute atomic E-state index is 12.0. The van der Waals surface area contributed by atoms with Gasteiger partial charge in [0.25, 0.3) is 0 Å². The summed E-state index contributed by atoms with van der Waals surface area (Å²) in [6, 6.07) is 0. The standard InChI is InChI=1S/C12H25N3O/c1-2-14(8-6-7-13)11-12(16)15-9-4-3-5-10-15/h2-11,13H2,1H3. The summed E-state index contributed by atoms with van der Waals surface area (Å²) in [5.41, 5.74) is 5.48. The van der Waals surface area contributed by atoms with Crippen LogP contribution in [0, 0.1) is 0 Å². The monoisotopic (exact) mass is 227 g/mol. The molecule has 0 radical (unpaired) electrons. The van der Waals surface area contributed by atoms with Gasteiger partial charge in [0.2, 0.25) is 5.91 Å². The minimum absolute atomic E-state index is 0.290. The van der Waals surface area contributed by atoms with Crippen molar-refractivity contribution in [3.8, 4) is 0 Å². The lowest BCUT2D eigenvalue weighted by Crippen LogP contribution is -2.43. The highest BCUT2D eigenvalue weighted by Gasteiger charge is 2.18. The number of piperidine rings is 1. The van der Waals surface area contributed by atoms with E-state index in [4.69, 9.17) is 5.73 Å². The van der Waals surface area contributed by atoms with Crippen molar-refractivity contribution in [1.82, 2.24) is 9.80 Å². The molecule has 16 heavy (non-hydrogen) atoms. The highest BCUT2D eigenvalue weighted by atomic mass is 16.2. The fourth-order valence-electron chi connectivity index (χ4n) is 2.10. The van der Waals surface area contributed by atoms with E-state index in [1.54, 1.807) is 0 Å². The predicted molar refractivity (Wildman–Crippen MR) is 66.2 cm³/mol. The lowest BCUT2D eigenvalue weighted by atomic mass is 10.1. The summed E-state index contributed by atoms with van der Waals surface area (Å²) in [6.45, 7) is 7.14. The summed E-state index contributed by atoms with van der Waals surface area (Å²) >= 11 is 0. The Labute approximate surface area is 98.8 Å². The van der Waals surface area contributed by atoms with E-state index in [-0.39, 0.29) is 0 Å². The third-order valence-corrected chi connectivity index (χ3v) is 3.19. The van der Waals surface area contributed by atoms with E-state index in [9.17, 15) is 4.79 Å². The largest absolute Gasteiger partial charge is 0.342 e. The molecule has 0 aromatic heterocycles. The van der Waals surface area contributed by atoms with Crippen molar-refractivity contribution in [2.24, 2.45) is 5.73 Å². The van der Waals surface area contributed by atoms with Crippen molar-refractivity contribution in [1.29, 1.82) is 0 Å². The number of hydrogen-bond acceptors (Lipinski definition) is 3. The molecule has 0 bridgehead atoms. The Morgan fingerprint density at radius 2 is 2.00 bits per heavy atom. The number of carbonyl (C=O) groups is 1. The molecule has 4 nitrogen and oxygen atoms in total. The zero-order chi connectivity index (χ0) is 11.8. The second kappa shape index (κ2) is 7.63. The minimum Gasteiger partial charge on any atom is -0.342 e. The molecule has 0 spiro atoms. The maximum Gasteiger partial charge on any atom is 0.236 e. The van der Waals surface area contributed by atoms with Gasteiger partial charge in [-0.2, -0.15) is 0 Å². The van der Waals surface area contributed by atoms with Crippen molar-refractivity contribution in [3.63, 3.8) is 0 Å². The average Bonchev–Trinajstić information content (AvgIpc) is 2.35. The van der Waals surface area contributed by atoms with Crippen LogP contribution in [0.25, 0.3) is 0 Å². The number of likely N-dealkylation sites (tertiary alicyclic amines) is 1.